The molecule has 0 fully saturated rings. The number of unbranched alkanes of at least 4 members (excludes halogenated alkanes) is 1. The fourth-order valence-electron chi connectivity index (χ4n) is 0.317. The summed E-state index contributed by atoms with van der Waals surface area (Å²) in [6.45, 7) is 2.15. The molecule has 0 aromatic carbocycles. The number of hydrogen-bond acceptors (Lipinski definition) is 2. The monoisotopic (exact) mass is 172 g/mol. The van der Waals surface area contributed by atoms with E-state index >= 15 is 0 Å². The molecule has 0 heterocycles. The minimum absolute atomic E-state index is 0. The molecule has 0 aromatic heterocycles. The van der Waals surface area contributed by atoms with Crippen LogP contribution < -0.4 is 35.3 Å². The van der Waals surface area contributed by atoms with Crippen molar-refractivity contribution in [3.8, 4) is 0 Å². The number of nitrogens with two attached hydrogens (primary N) is 1. The second-order valence-corrected chi connectivity index (χ2v) is 3.36. The van der Waals surface area contributed by atoms with Gasteiger partial charge < -0.3 is 5.73 Å². The minimum atomic E-state index is 0. The van der Waals surface area contributed by atoms with Gasteiger partial charge in [0.25, 0.3) is 0 Å². The quantitative estimate of drug-likeness (QED) is 0.328. The molecule has 0 aliphatic heterocycles. The smallest absolute Gasteiger partial charge is 0.385 e. The van der Waals surface area contributed by atoms with Crippen LogP contribution in [-0.4, -0.2) is 10.1 Å². The predicted octanol–water partition coefficient (Wildman–Crippen LogP) is -1.23. The molecule has 0 aliphatic carbocycles. The van der Waals surface area contributed by atoms with E-state index in [4.69, 9.17) is 5.73 Å². The summed E-state index contributed by atoms with van der Waals surface area (Å²) >= 11 is 6.21. The molecule has 2 N–H and O–H groups in total. The van der Waals surface area contributed by atoms with Gasteiger partial charge in [-0.3, -0.25) is 0 Å². The van der Waals surface area contributed by atoms with Crippen LogP contribution in [0.5, 0.6) is 0 Å². The van der Waals surface area contributed by atoms with Crippen LogP contribution in [0.2, 0.25) is 0 Å². The Morgan fingerprint density at radius 1 is 1.67 bits per heavy atom. The van der Waals surface area contributed by atoms with Gasteiger partial charge in [0, 0.05) is 5.75 Å². The second-order valence-electron chi connectivity index (χ2n) is 1.52. The first-order chi connectivity index (χ1) is 3.77. The average molecular weight is 172 g/mol. The summed E-state index contributed by atoms with van der Waals surface area (Å²) in [5.41, 5.74) is 5.23. The maximum atomic E-state index is 5.23. The summed E-state index contributed by atoms with van der Waals surface area (Å²) < 4.78 is 0.568. The van der Waals surface area contributed by atoms with Crippen molar-refractivity contribution in [3.63, 3.8) is 0 Å². The number of rotatable bonds is 3. The molecule has 0 saturated carbocycles. The van der Waals surface area contributed by atoms with Crippen LogP contribution in [0.3, 0.4) is 0 Å². The van der Waals surface area contributed by atoms with Crippen LogP contribution in [0.15, 0.2) is 0 Å². The number of thiocarbonyl (C=S) groups is 1. The standard InChI is InChI=1S/C5H11NS2.Na/c1-2-3-4-8-5(6)7;/h2-4H2,1H3,(H2,6,7);/q;+1. The van der Waals surface area contributed by atoms with Gasteiger partial charge in [-0.05, 0) is 6.42 Å². The van der Waals surface area contributed by atoms with E-state index in [1.807, 2.05) is 0 Å². The van der Waals surface area contributed by atoms with Gasteiger partial charge in [0.05, 0.1) is 0 Å². The van der Waals surface area contributed by atoms with Crippen molar-refractivity contribution in [2.45, 2.75) is 19.8 Å². The normalized spacial score (nSPS) is 8.11. The molecule has 0 rings (SSSR count). The maximum absolute atomic E-state index is 5.23. The summed E-state index contributed by atoms with van der Waals surface area (Å²) in [6, 6.07) is 0. The van der Waals surface area contributed by atoms with E-state index in [1.54, 1.807) is 11.8 Å². The van der Waals surface area contributed by atoms with Gasteiger partial charge >= 0.3 is 29.6 Å². The van der Waals surface area contributed by atoms with E-state index in [1.165, 1.54) is 12.8 Å². The van der Waals surface area contributed by atoms with Crippen LogP contribution in [0.25, 0.3) is 0 Å². The number of hydrogen-bond donors (Lipinski definition) is 1. The third kappa shape index (κ3) is 12.4. The Balaban J connectivity index is 0. The van der Waals surface area contributed by atoms with Gasteiger partial charge in [0.2, 0.25) is 0 Å². The SMILES string of the molecule is CCCCSC(N)=S.[Na+]. The van der Waals surface area contributed by atoms with E-state index < -0.39 is 0 Å². The fourth-order valence-corrected chi connectivity index (χ4v) is 1.20. The third-order valence-corrected chi connectivity index (χ3v) is 1.87. The van der Waals surface area contributed by atoms with Crippen molar-refractivity contribution in [1.82, 2.24) is 0 Å². The van der Waals surface area contributed by atoms with Crippen molar-refractivity contribution in [2.75, 3.05) is 5.75 Å². The molecule has 48 valence electrons. The molecule has 1 nitrogen and oxygen atoms in total. The Morgan fingerprint density at radius 3 is 2.56 bits per heavy atom. The Morgan fingerprint density at radius 2 is 2.22 bits per heavy atom. The second kappa shape index (κ2) is 9.24. The Labute approximate surface area is 88.4 Å². The van der Waals surface area contributed by atoms with Crippen molar-refractivity contribution in [3.05, 3.63) is 0 Å². The van der Waals surface area contributed by atoms with E-state index in [0.717, 1.165) is 5.75 Å². The Hall–Kier alpha value is 1.24. The fraction of sp³-hybridized carbons (Fsp3) is 0.800. The van der Waals surface area contributed by atoms with Gasteiger partial charge in [-0.25, -0.2) is 0 Å². The van der Waals surface area contributed by atoms with Crippen molar-refractivity contribution < 1.29 is 29.6 Å². The predicted molar refractivity (Wildman–Crippen MR) is 44.2 cm³/mol. The molecule has 0 amide bonds. The topological polar surface area (TPSA) is 26.0 Å². The van der Waals surface area contributed by atoms with Crippen LogP contribution in [0.4, 0.5) is 0 Å². The minimum Gasteiger partial charge on any atom is -0.385 e. The molecule has 9 heavy (non-hydrogen) atoms. The summed E-state index contributed by atoms with van der Waals surface area (Å²) in [5.74, 6) is 1.08. The molecule has 4 heteroatoms. The first kappa shape index (κ1) is 12.9. The van der Waals surface area contributed by atoms with E-state index in [9.17, 15) is 0 Å². The van der Waals surface area contributed by atoms with Crippen molar-refractivity contribution in [1.29, 1.82) is 0 Å². The molecular weight excluding hydrogens is 161 g/mol. The summed E-state index contributed by atoms with van der Waals surface area (Å²) in [7, 11) is 0. The van der Waals surface area contributed by atoms with Gasteiger partial charge in [-0.15, -0.1) is 0 Å². The Kier molecular flexibility index (Phi) is 13.2. The van der Waals surface area contributed by atoms with Crippen LogP contribution in [0, 0.1) is 0 Å². The van der Waals surface area contributed by atoms with E-state index in [-0.39, 0.29) is 29.6 Å². The van der Waals surface area contributed by atoms with Gasteiger partial charge in [0.15, 0.2) is 0 Å². The van der Waals surface area contributed by atoms with Gasteiger partial charge in [-0.2, -0.15) is 0 Å². The van der Waals surface area contributed by atoms with Crippen molar-refractivity contribution in [2.24, 2.45) is 5.73 Å². The van der Waals surface area contributed by atoms with Crippen LogP contribution >= 0.6 is 24.0 Å². The molecule has 0 aliphatic rings. The van der Waals surface area contributed by atoms with Crippen LogP contribution in [-0.2, 0) is 0 Å². The Bertz CT molecular complexity index is 77.4. The largest absolute Gasteiger partial charge is 1.00 e. The molecule has 0 bridgehead atoms. The first-order valence-corrected chi connectivity index (χ1v) is 4.09. The first-order valence-electron chi connectivity index (χ1n) is 2.69. The van der Waals surface area contributed by atoms with Gasteiger partial charge in [0.1, 0.15) is 4.32 Å². The van der Waals surface area contributed by atoms with E-state index in [0.29, 0.717) is 4.32 Å². The zero-order valence-corrected chi connectivity index (χ0v) is 9.65. The summed E-state index contributed by atoms with van der Waals surface area (Å²) in [6.07, 6.45) is 2.43. The molecule has 0 unspecified atom stereocenters. The maximum Gasteiger partial charge on any atom is 1.00 e. The van der Waals surface area contributed by atoms with Crippen molar-refractivity contribution >= 4 is 28.3 Å². The zero-order valence-electron chi connectivity index (χ0n) is 6.02. The summed E-state index contributed by atoms with van der Waals surface area (Å²) in [5, 5.41) is 0. The summed E-state index contributed by atoms with van der Waals surface area (Å²) in [4.78, 5) is 0. The van der Waals surface area contributed by atoms with E-state index in [2.05, 4.69) is 19.1 Å². The molecular formula is C5H11NNaS2+. The third-order valence-electron chi connectivity index (χ3n) is 0.742. The average Bonchev–Trinajstić information content (AvgIpc) is 1.66. The molecule has 0 atom stereocenters. The molecule has 0 radical (unpaired) electrons. The van der Waals surface area contributed by atoms with Gasteiger partial charge in [-0.1, -0.05) is 37.3 Å². The molecule has 0 spiro atoms. The van der Waals surface area contributed by atoms with Crippen LogP contribution in [0.1, 0.15) is 19.8 Å². The zero-order chi connectivity index (χ0) is 6.41. The molecule has 0 saturated heterocycles. The number of thioether (sulfide) groups is 1. The molecule has 0 aromatic rings.